The Morgan fingerprint density at radius 2 is 1.42 bits per heavy atom. The summed E-state index contributed by atoms with van der Waals surface area (Å²) in [5.41, 5.74) is 2.04. The van der Waals surface area contributed by atoms with Crippen molar-refractivity contribution < 1.29 is 24.6 Å². The van der Waals surface area contributed by atoms with Gasteiger partial charge in [-0.05, 0) is 29.8 Å². The number of fused-ring (bicyclic) bond motifs is 1. The summed E-state index contributed by atoms with van der Waals surface area (Å²) < 4.78 is 0. The van der Waals surface area contributed by atoms with Crippen LogP contribution >= 0.6 is 0 Å². The average Bonchev–Trinajstić information content (AvgIpc) is 2.91. The Kier molecular flexibility index (Phi) is 7.67. The van der Waals surface area contributed by atoms with Gasteiger partial charge in [-0.3, -0.25) is 14.6 Å². The van der Waals surface area contributed by atoms with Gasteiger partial charge in [0.2, 0.25) is 0 Å². The third-order valence-electron chi connectivity index (χ3n) is 5.75. The van der Waals surface area contributed by atoms with Gasteiger partial charge in [0, 0.05) is 23.1 Å². The van der Waals surface area contributed by atoms with Crippen LogP contribution in [0.2, 0.25) is 0 Å². The van der Waals surface area contributed by atoms with Gasteiger partial charge in [-0.25, -0.2) is 4.79 Å². The van der Waals surface area contributed by atoms with Crippen LogP contribution in [-0.4, -0.2) is 45.1 Å². The van der Waals surface area contributed by atoms with E-state index in [4.69, 9.17) is 0 Å². The maximum atomic E-state index is 13.0. The van der Waals surface area contributed by atoms with Crippen molar-refractivity contribution >= 4 is 28.7 Å². The number of aromatic nitrogens is 1. The maximum Gasteiger partial charge on any atom is 0.326 e. The molecule has 4 aromatic rings. The molecule has 2 amide bonds. The first-order valence-electron chi connectivity index (χ1n) is 11.4. The summed E-state index contributed by atoms with van der Waals surface area (Å²) in [6, 6.07) is 25.4. The number of carbonyl (C=O) groups is 3. The van der Waals surface area contributed by atoms with Crippen molar-refractivity contribution in [2.45, 2.75) is 24.6 Å². The van der Waals surface area contributed by atoms with E-state index < -0.39 is 36.0 Å². The highest BCUT2D eigenvalue weighted by Crippen LogP contribution is 2.19. The van der Waals surface area contributed by atoms with Crippen LogP contribution in [0.25, 0.3) is 10.9 Å². The lowest BCUT2D eigenvalue weighted by atomic mass is 9.99. The van der Waals surface area contributed by atoms with Crippen LogP contribution in [0.1, 0.15) is 27.7 Å². The number of aliphatic carboxylic acids is 1. The molecule has 36 heavy (non-hydrogen) atoms. The van der Waals surface area contributed by atoms with E-state index in [1.807, 2.05) is 30.3 Å². The zero-order chi connectivity index (χ0) is 25.5. The lowest BCUT2D eigenvalue weighted by Gasteiger charge is -2.25. The maximum absolute atomic E-state index is 13.0. The predicted octanol–water partition coefficient (Wildman–Crippen LogP) is 2.88. The molecule has 0 fully saturated rings. The molecular formula is C28H25N3O5. The highest BCUT2D eigenvalue weighted by Gasteiger charge is 2.32. The molecule has 0 spiro atoms. The second-order valence-corrected chi connectivity index (χ2v) is 8.27. The smallest absolute Gasteiger partial charge is 0.326 e. The summed E-state index contributed by atoms with van der Waals surface area (Å²) in [6.07, 6.45) is -1.82. The van der Waals surface area contributed by atoms with Gasteiger partial charge in [0.05, 0.1) is 11.6 Å². The first-order valence-corrected chi connectivity index (χ1v) is 11.4. The van der Waals surface area contributed by atoms with Crippen molar-refractivity contribution in [3.8, 4) is 0 Å². The van der Waals surface area contributed by atoms with Crippen molar-refractivity contribution in [2.75, 3.05) is 0 Å². The number of pyridine rings is 1. The van der Waals surface area contributed by atoms with E-state index in [1.54, 1.807) is 66.7 Å². The standard InChI is InChI=1S/C28H25N3O5/c32-25(24(19-10-3-1-4-11-19)31-26(33)20-12-5-2-6-13-20)27(34)30-23(28(35)36)17-21-16-15-18-9-7-8-14-22(18)29-21/h1-16,23-25,32H,17H2,(H,30,34)(H,31,33)(H,35,36)/t23-,24-,25+/m0/s1. The van der Waals surface area contributed by atoms with Gasteiger partial charge in [0.15, 0.2) is 6.10 Å². The second-order valence-electron chi connectivity index (χ2n) is 8.27. The van der Waals surface area contributed by atoms with E-state index in [1.165, 1.54) is 0 Å². The molecule has 4 N–H and O–H groups in total. The number of carboxylic acid groups (broad SMARTS) is 1. The molecule has 3 aromatic carbocycles. The summed E-state index contributed by atoms with van der Waals surface area (Å²) >= 11 is 0. The molecular weight excluding hydrogens is 458 g/mol. The number of benzene rings is 3. The molecule has 3 atom stereocenters. The quantitative estimate of drug-likeness (QED) is 0.290. The molecule has 8 heteroatoms. The van der Waals surface area contributed by atoms with E-state index in [-0.39, 0.29) is 6.42 Å². The minimum atomic E-state index is -1.74. The number of carbonyl (C=O) groups excluding carboxylic acids is 2. The number of aliphatic hydroxyl groups excluding tert-OH is 1. The summed E-state index contributed by atoms with van der Waals surface area (Å²) in [7, 11) is 0. The highest BCUT2D eigenvalue weighted by atomic mass is 16.4. The fourth-order valence-corrected chi connectivity index (χ4v) is 3.86. The summed E-state index contributed by atoms with van der Waals surface area (Å²) in [5, 5.41) is 26.7. The first-order chi connectivity index (χ1) is 17.4. The van der Waals surface area contributed by atoms with E-state index >= 15 is 0 Å². The van der Waals surface area contributed by atoms with Gasteiger partial charge >= 0.3 is 5.97 Å². The molecule has 4 rings (SSSR count). The van der Waals surface area contributed by atoms with Gasteiger partial charge < -0.3 is 20.8 Å². The van der Waals surface area contributed by atoms with Gasteiger partial charge in [-0.15, -0.1) is 0 Å². The van der Waals surface area contributed by atoms with Crippen molar-refractivity contribution in [3.63, 3.8) is 0 Å². The van der Waals surface area contributed by atoms with Crippen LogP contribution in [0.3, 0.4) is 0 Å². The molecule has 0 radical (unpaired) electrons. The van der Waals surface area contributed by atoms with E-state index in [0.717, 1.165) is 5.39 Å². The van der Waals surface area contributed by atoms with E-state index in [9.17, 15) is 24.6 Å². The molecule has 1 heterocycles. The molecule has 8 nitrogen and oxygen atoms in total. The number of nitrogens with one attached hydrogen (secondary N) is 2. The van der Waals surface area contributed by atoms with Crippen LogP contribution in [0.5, 0.6) is 0 Å². The van der Waals surface area contributed by atoms with Crippen LogP contribution in [0.4, 0.5) is 0 Å². The largest absolute Gasteiger partial charge is 0.480 e. The topological polar surface area (TPSA) is 129 Å². The average molecular weight is 484 g/mol. The van der Waals surface area contributed by atoms with Gasteiger partial charge in [-0.2, -0.15) is 0 Å². The second kappa shape index (κ2) is 11.2. The monoisotopic (exact) mass is 483 g/mol. The molecule has 1 aromatic heterocycles. The van der Waals surface area contributed by atoms with Gasteiger partial charge in [0.25, 0.3) is 11.8 Å². The summed E-state index contributed by atoms with van der Waals surface area (Å²) in [6.45, 7) is 0. The van der Waals surface area contributed by atoms with Gasteiger partial charge in [-0.1, -0.05) is 72.8 Å². The number of hydrogen-bond donors (Lipinski definition) is 4. The Morgan fingerprint density at radius 3 is 2.11 bits per heavy atom. The number of amides is 2. The Labute approximate surface area is 207 Å². The van der Waals surface area contributed by atoms with E-state index in [0.29, 0.717) is 22.3 Å². The SMILES string of the molecule is O=C(N[C@@H](c1ccccc1)[C@@H](O)C(=O)N[C@@H](Cc1ccc2ccccc2n1)C(=O)O)c1ccccc1. The lowest BCUT2D eigenvalue weighted by molar-refractivity contribution is -0.143. The minimum absolute atomic E-state index is 0.0784. The molecule has 0 bridgehead atoms. The van der Waals surface area contributed by atoms with Crippen molar-refractivity contribution in [2.24, 2.45) is 0 Å². The van der Waals surface area contributed by atoms with Crippen molar-refractivity contribution in [3.05, 3.63) is 114 Å². The first kappa shape index (κ1) is 24.6. The third kappa shape index (κ3) is 5.92. The summed E-state index contributed by atoms with van der Waals surface area (Å²) in [5.74, 6) is -2.67. The zero-order valence-corrected chi connectivity index (χ0v) is 19.2. The molecule has 0 aliphatic heterocycles. The Morgan fingerprint density at radius 1 is 0.778 bits per heavy atom. The van der Waals surface area contributed by atoms with Crippen LogP contribution < -0.4 is 10.6 Å². The Bertz CT molecular complexity index is 1360. The Balaban J connectivity index is 1.52. The number of aliphatic hydroxyl groups is 1. The molecule has 182 valence electrons. The molecule has 0 aliphatic rings. The summed E-state index contributed by atoms with van der Waals surface area (Å²) in [4.78, 5) is 42.2. The van der Waals surface area contributed by atoms with Crippen LogP contribution in [0, 0.1) is 0 Å². The Hall–Kier alpha value is -4.56. The van der Waals surface area contributed by atoms with Crippen molar-refractivity contribution in [1.82, 2.24) is 15.6 Å². The number of rotatable bonds is 9. The molecule has 0 unspecified atom stereocenters. The fourth-order valence-electron chi connectivity index (χ4n) is 3.86. The van der Waals surface area contributed by atoms with Crippen LogP contribution in [-0.2, 0) is 16.0 Å². The molecule has 0 saturated heterocycles. The van der Waals surface area contributed by atoms with Crippen LogP contribution in [0.15, 0.2) is 97.1 Å². The molecule has 0 saturated carbocycles. The van der Waals surface area contributed by atoms with Gasteiger partial charge in [0.1, 0.15) is 6.04 Å². The lowest BCUT2D eigenvalue weighted by Crippen LogP contribution is -2.50. The zero-order valence-electron chi connectivity index (χ0n) is 19.2. The normalized spacial score (nSPS) is 13.4. The fraction of sp³-hybridized carbons (Fsp3) is 0.143. The van der Waals surface area contributed by atoms with E-state index in [2.05, 4.69) is 15.6 Å². The number of hydrogen-bond acceptors (Lipinski definition) is 5. The third-order valence-corrected chi connectivity index (χ3v) is 5.75. The minimum Gasteiger partial charge on any atom is -0.480 e. The number of para-hydroxylation sites is 1. The highest BCUT2D eigenvalue weighted by molar-refractivity contribution is 5.95. The number of carboxylic acids is 1. The van der Waals surface area contributed by atoms with Crippen molar-refractivity contribution in [1.29, 1.82) is 0 Å². The number of nitrogens with zero attached hydrogens (tertiary/aromatic N) is 1. The molecule has 0 aliphatic carbocycles. The predicted molar refractivity (Wildman–Crippen MR) is 134 cm³/mol.